The summed E-state index contributed by atoms with van der Waals surface area (Å²) in [4.78, 5) is 0. The van der Waals surface area contributed by atoms with E-state index in [4.69, 9.17) is 5.73 Å². The van der Waals surface area contributed by atoms with Gasteiger partial charge in [-0.2, -0.15) is 10.2 Å². The Morgan fingerprint density at radius 3 is 2.70 bits per heavy atom. The van der Waals surface area contributed by atoms with Gasteiger partial charge in [0, 0.05) is 10.8 Å². The van der Waals surface area contributed by atoms with Gasteiger partial charge in [-0.25, -0.2) is 4.68 Å². The molecular weight excluding hydrogens is 250 g/mol. The molecule has 2 heterocycles. The molecule has 2 aromatic heterocycles. The molecule has 0 aliphatic carbocycles. The molecule has 0 saturated carbocycles. The predicted octanol–water partition coefficient (Wildman–Crippen LogP) is 2.52. The summed E-state index contributed by atoms with van der Waals surface area (Å²) in [5, 5.41) is 15.0. The lowest BCUT2D eigenvalue weighted by Crippen LogP contribution is -2.06. The summed E-state index contributed by atoms with van der Waals surface area (Å²) in [6.07, 6.45) is 3.38. The van der Waals surface area contributed by atoms with E-state index < -0.39 is 0 Å². The van der Waals surface area contributed by atoms with Gasteiger partial charge in [-0.3, -0.25) is 0 Å². The molecule has 20 heavy (non-hydrogen) atoms. The molecule has 5 heteroatoms. The van der Waals surface area contributed by atoms with Gasteiger partial charge in [0.25, 0.3) is 0 Å². The lowest BCUT2D eigenvalue weighted by Gasteiger charge is -2.07. The standard InChI is InChI=1S/C15H17N5/c1-3-12-14(16)13(4-2)20(19-12)15-11-8-6-5-7-10(11)9-17-18-15/h5-9H,3-4,16H2,1-2H3. The second kappa shape index (κ2) is 4.92. The molecule has 102 valence electrons. The fourth-order valence-corrected chi connectivity index (χ4v) is 2.46. The molecule has 0 aliphatic heterocycles. The fourth-order valence-electron chi connectivity index (χ4n) is 2.46. The van der Waals surface area contributed by atoms with Gasteiger partial charge >= 0.3 is 0 Å². The molecule has 2 N–H and O–H groups in total. The predicted molar refractivity (Wildman–Crippen MR) is 79.8 cm³/mol. The first-order chi connectivity index (χ1) is 9.76. The topological polar surface area (TPSA) is 69.6 Å². The monoisotopic (exact) mass is 267 g/mol. The molecule has 0 atom stereocenters. The molecule has 0 radical (unpaired) electrons. The molecule has 0 saturated heterocycles. The average molecular weight is 267 g/mol. The Bertz CT molecular complexity index is 755. The van der Waals surface area contributed by atoms with Gasteiger partial charge in [-0.1, -0.05) is 38.1 Å². The number of rotatable bonds is 3. The van der Waals surface area contributed by atoms with Crippen LogP contribution in [0.3, 0.4) is 0 Å². The van der Waals surface area contributed by atoms with E-state index in [0.717, 1.165) is 46.5 Å². The third-order valence-corrected chi connectivity index (χ3v) is 3.52. The highest BCUT2D eigenvalue weighted by molar-refractivity contribution is 5.87. The maximum atomic E-state index is 6.18. The third kappa shape index (κ3) is 1.82. The van der Waals surface area contributed by atoms with Crippen molar-refractivity contribution in [3.63, 3.8) is 0 Å². The van der Waals surface area contributed by atoms with E-state index in [0.29, 0.717) is 0 Å². The molecule has 0 amide bonds. The van der Waals surface area contributed by atoms with E-state index >= 15 is 0 Å². The Morgan fingerprint density at radius 2 is 1.95 bits per heavy atom. The Hall–Kier alpha value is -2.43. The number of anilines is 1. The highest BCUT2D eigenvalue weighted by atomic mass is 15.4. The van der Waals surface area contributed by atoms with E-state index in [9.17, 15) is 0 Å². The van der Waals surface area contributed by atoms with Crippen LogP contribution in [0.4, 0.5) is 5.69 Å². The number of aryl methyl sites for hydroxylation is 1. The minimum Gasteiger partial charge on any atom is -0.396 e. The maximum absolute atomic E-state index is 6.18. The molecular formula is C15H17N5. The molecule has 0 unspecified atom stereocenters. The van der Waals surface area contributed by atoms with Gasteiger partial charge in [-0.15, -0.1) is 5.10 Å². The van der Waals surface area contributed by atoms with Crippen LogP contribution in [0, 0.1) is 0 Å². The summed E-state index contributed by atoms with van der Waals surface area (Å²) in [6, 6.07) is 8.03. The minimum absolute atomic E-state index is 0.742. The summed E-state index contributed by atoms with van der Waals surface area (Å²) in [7, 11) is 0. The van der Waals surface area contributed by atoms with Crippen LogP contribution in [0.1, 0.15) is 25.2 Å². The molecule has 0 spiro atoms. The van der Waals surface area contributed by atoms with Crippen molar-refractivity contribution in [3.8, 4) is 5.82 Å². The number of hydrogen-bond acceptors (Lipinski definition) is 4. The van der Waals surface area contributed by atoms with Gasteiger partial charge < -0.3 is 5.73 Å². The van der Waals surface area contributed by atoms with Crippen molar-refractivity contribution >= 4 is 16.5 Å². The summed E-state index contributed by atoms with van der Waals surface area (Å²) < 4.78 is 1.84. The number of nitrogen functional groups attached to an aromatic ring is 1. The van der Waals surface area contributed by atoms with Crippen molar-refractivity contribution in [3.05, 3.63) is 41.9 Å². The molecule has 1 aromatic carbocycles. The smallest absolute Gasteiger partial charge is 0.183 e. The van der Waals surface area contributed by atoms with Crippen LogP contribution in [0.15, 0.2) is 30.5 Å². The van der Waals surface area contributed by atoms with E-state index in [-0.39, 0.29) is 0 Å². The molecule has 5 nitrogen and oxygen atoms in total. The van der Waals surface area contributed by atoms with Crippen molar-refractivity contribution in [2.75, 3.05) is 5.73 Å². The highest BCUT2D eigenvalue weighted by Crippen LogP contribution is 2.25. The molecule has 3 rings (SSSR count). The van der Waals surface area contributed by atoms with Crippen molar-refractivity contribution in [2.24, 2.45) is 0 Å². The van der Waals surface area contributed by atoms with E-state index in [1.165, 1.54) is 0 Å². The van der Waals surface area contributed by atoms with E-state index in [1.807, 2.05) is 28.9 Å². The van der Waals surface area contributed by atoms with Crippen molar-refractivity contribution in [2.45, 2.75) is 26.7 Å². The van der Waals surface area contributed by atoms with Crippen LogP contribution < -0.4 is 5.73 Å². The number of nitrogens with two attached hydrogens (primary N) is 1. The Labute approximate surface area is 117 Å². The van der Waals surface area contributed by atoms with Crippen molar-refractivity contribution in [1.82, 2.24) is 20.0 Å². The molecule has 0 bridgehead atoms. The first-order valence-corrected chi connectivity index (χ1v) is 6.83. The van der Waals surface area contributed by atoms with Gasteiger partial charge in [0.1, 0.15) is 0 Å². The van der Waals surface area contributed by atoms with Crippen LogP contribution in [0.2, 0.25) is 0 Å². The van der Waals surface area contributed by atoms with Crippen molar-refractivity contribution < 1.29 is 0 Å². The molecule has 0 fully saturated rings. The number of fused-ring (bicyclic) bond motifs is 1. The van der Waals surface area contributed by atoms with Gasteiger partial charge in [0.05, 0.1) is 23.3 Å². The maximum Gasteiger partial charge on any atom is 0.183 e. The lowest BCUT2D eigenvalue weighted by molar-refractivity contribution is 0.762. The van der Waals surface area contributed by atoms with Gasteiger partial charge in [0.15, 0.2) is 5.82 Å². The van der Waals surface area contributed by atoms with Gasteiger partial charge in [0.2, 0.25) is 0 Å². The number of hydrogen-bond donors (Lipinski definition) is 1. The second-order valence-electron chi connectivity index (χ2n) is 4.68. The quantitative estimate of drug-likeness (QED) is 0.791. The summed E-state index contributed by atoms with van der Waals surface area (Å²) >= 11 is 0. The zero-order valence-corrected chi connectivity index (χ0v) is 11.7. The van der Waals surface area contributed by atoms with Crippen LogP contribution in [0.25, 0.3) is 16.6 Å². The summed E-state index contributed by atoms with van der Waals surface area (Å²) in [6.45, 7) is 4.12. The van der Waals surface area contributed by atoms with Crippen LogP contribution >= 0.6 is 0 Å². The van der Waals surface area contributed by atoms with E-state index in [1.54, 1.807) is 6.20 Å². The lowest BCUT2D eigenvalue weighted by atomic mass is 10.2. The third-order valence-electron chi connectivity index (χ3n) is 3.52. The van der Waals surface area contributed by atoms with Crippen molar-refractivity contribution in [1.29, 1.82) is 0 Å². The SMILES string of the molecule is CCc1nn(-c2nncc3ccccc23)c(CC)c1N. The zero-order valence-electron chi connectivity index (χ0n) is 11.7. The largest absolute Gasteiger partial charge is 0.396 e. The number of aromatic nitrogens is 4. The molecule has 0 aliphatic rings. The second-order valence-corrected chi connectivity index (χ2v) is 4.68. The van der Waals surface area contributed by atoms with Crippen LogP contribution in [0.5, 0.6) is 0 Å². The minimum atomic E-state index is 0.742. The number of nitrogens with zero attached hydrogens (tertiary/aromatic N) is 4. The Kier molecular flexibility index (Phi) is 3.10. The Morgan fingerprint density at radius 1 is 1.15 bits per heavy atom. The average Bonchev–Trinajstić information content (AvgIpc) is 2.82. The van der Waals surface area contributed by atoms with Gasteiger partial charge in [-0.05, 0) is 12.8 Å². The fraction of sp³-hybridized carbons (Fsp3) is 0.267. The number of benzene rings is 1. The summed E-state index contributed by atoms with van der Waals surface area (Å²) in [5.74, 6) is 0.742. The highest BCUT2D eigenvalue weighted by Gasteiger charge is 2.16. The normalized spacial score (nSPS) is 11.1. The first kappa shape index (κ1) is 12.6. The van der Waals surface area contributed by atoms with E-state index in [2.05, 4.69) is 29.1 Å². The Balaban J connectivity index is 2.31. The summed E-state index contributed by atoms with van der Waals surface area (Å²) in [5.41, 5.74) is 8.85. The molecule has 3 aromatic rings. The van der Waals surface area contributed by atoms with Crippen LogP contribution in [-0.4, -0.2) is 20.0 Å². The zero-order chi connectivity index (χ0) is 14.1. The van der Waals surface area contributed by atoms with Crippen LogP contribution in [-0.2, 0) is 12.8 Å². The first-order valence-electron chi connectivity index (χ1n) is 6.83.